The summed E-state index contributed by atoms with van der Waals surface area (Å²) < 4.78 is 94.5. The van der Waals surface area contributed by atoms with E-state index in [2.05, 4.69) is 32.3 Å². The number of sulfonamides is 1. The molecule has 14 heteroatoms. The zero-order valence-electron chi connectivity index (χ0n) is 30.3. The number of nitrogens with zero attached hydrogens (tertiary/aromatic N) is 2. The first-order valence-electron chi connectivity index (χ1n) is 18.9. The molecule has 286 valence electrons. The Hall–Kier alpha value is -3.81. The fourth-order valence-corrected chi connectivity index (χ4v) is 10.6. The molecule has 5 aliphatic heterocycles. The zero-order valence-corrected chi connectivity index (χ0v) is 31.9. The van der Waals surface area contributed by atoms with E-state index in [0.29, 0.717) is 36.9 Å². The molecule has 0 saturated heterocycles. The van der Waals surface area contributed by atoms with Crippen molar-refractivity contribution in [2.45, 2.75) is 61.2 Å². The number of hydrogen-bond acceptors (Lipinski definition) is 10. The summed E-state index contributed by atoms with van der Waals surface area (Å²) in [6, 6.07) is 8.08. The van der Waals surface area contributed by atoms with Gasteiger partial charge in [-0.1, -0.05) is 12.0 Å². The van der Waals surface area contributed by atoms with Crippen LogP contribution in [0.1, 0.15) is 59.1 Å². The van der Waals surface area contributed by atoms with Crippen molar-refractivity contribution in [3.63, 3.8) is 0 Å². The van der Waals surface area contributed by atoms with Crippen LogP contribution in [0.3, 0.4) is 0 Å². The predicted octanol–water partition coefficient (Wildman–Crippen LogP) is 1.99. The number of benzene rings is 3. The Morgan fingerprint density at radius 2 is 1.52 bits per heavy atom. The van der Waals surface area contributed by atoms with E-state index >= 15 is 0 Å². The molecule has 0 fully saturated rings. The molecule has 8 rings (SSSR count). The fraction of sp³-hybridized carbons (Fsp3) is 0.475. The van der Waals surface area contributed by atoms with Gasteiger partial charge in [-0.15, -0.1) is 6.42 Å². The van der Waals surface area contributed by atoms with Crippen molar-refractivity contribution < 1.29 is 40.3 Å². The van der Waals surface area contributed by atoms with Crippen molar-refractivity contribution in [1.82, 2.24) is 9.30 Å². The highest BCUT2D eigenvalue weighted by Crippen LogP contribution is 2.49. The van der Waals surface area contributed by atoms with Crippen LogP contribution in [0.5, 0.6) is 11.5 Å². The highest BCUT2D eigenvalue weighted by Gasteiger charge is 2.36. The standard InChI is InChI=1S/C40H45N3O9S2/c1-2-18-49-20-22-51-23-21-50-19-13-41-53(44,45)29-11-12-30(35(26-29)54(46,47)48)36-33-24-27-7-3-14-42-16-5-9-31(37(27)42)39(33)52-40-32-10-6-17-43-15-4-8-28(38(32)43)25-34(36)40/h1,11-12,24-26,41H,3-10,13-23H2. The minimum atomic E-state index is -5.16. The van der Waals surface area contributed by atoms with Crippen LogP contribution in [0, 0.1) is 12.3 Å². The zero-order chi connectivity index (χ0) is 37.5. The van der Waals surface area contributed by atoms with Crippen LogP contribution >= 0.6 is 0 Å². The Bertz CT molecular complexity index is 2380. The second-order valence-electron chi connectivity index (χ2n) is 14.3. The normalized spacial score (nSPS) is 17.2. The molecule has 0 spiro atoms. The lowest BCUT2D eigenvalue weighted by Crippen LogP contribution is -2.45. The Morgan fingerprint density at radius 1 is 0.815 bits per heavy atom. The van der Waals surface area contributed by atoms with Crippen LogP contribution in [-0.4, -0.2) is 93.8 Å². The summed E-state index contributed by atoms with van der Waals surface area (Å²) >= 11 is 0. The lowest BCUT2D eigenvalue weighted by atomic mass is 9.82. The Balaban J connectivity index is 1.18. The minimum absolute atomic E-state index is 0.0562. The van der Waals surface area contributed by atoms with Gasteiger partial charge in [0.1, 0.15) is 41.3 Å². The van der Waals surface area contributed by atoms with E-state index in [9.17, 15) is 21.4 Å². The van der Waals surface area contributed by atoms with E-state index in [1.807, 2.05) is 0 Å². The second-order valence-corrected chi connectivity index (χ2v) is 17.5. The first kappa shape index (κ1) is 37.1. The minimum Gasteiger partial charge on any atom is -0.744 e. The largest absolute Gasteiger partial charge is 0.744 e. The molecule has 5 heterocycles. The molecule has 1 N–H and O–H groups in total. The molecule has 0 aliphatic carbocycles. The third-order valence-electron chi connectivity index (χ3n) is 11.0. The molecule has 0 amide bonds. The van der Waals surface area contributed by atoms with Crippen molar-refractivity contribution in [3.8, 4) is 23.8 Å². The van der Waals surface area contributed by atoms with Crippen molar-refractivity contribution in [1.29, 1.82) is 0 Å². The van der Waals surface area contributed by atoms with E-state index in [0.717, 1.165) is 106 Å². The van der Waals surface area contributed by atoms with Gasteiger partial charge in [0, 0.05) is 71.2 Å². The van der Waals surface area contributed by atoms with E-state index in [1.165, 1.54) is 34.3 Å². The molecule has 12 nitrogen and oxygen atoms in total. The van der Waals surface area contributed by atoms with Gasteiger partial charge in [0.25, 0.3) is 0 Å². The summed E-state index contributed by atoms with van der Waals surface area (Å²) in [4.78, 5) is 1.53. The van der Waals surface area contributed by atoms with Gasteiger partial charge in [0.05, 0.1) is 48.4 Å². The predicted molar refractivity (Wildman–Crippen MR) is 201 cm³/mol. The van der Waals surface area contributed by atoms with Crippen LogP contribution in [-0.2, 0) is 60.0 Å². The smallest absolute Gasteiger partial charge is 0.240 e. The number of fused-ring (bicyclic) bond motifs is 4. The van der Waals surface area contributed by atoms with Crippen LogP contribution < -0.4 is 29.5 Å². The summed E-state index contributed by atoms with van der Waals surface area (Å²) in [5.74, 6) is 3.79. The summed E-state index contributed by atoms with van der Waals surface area (Å²) in [6.45, 7) is 5.36. The quantitative estimate of drug-likeness (QED) is 0.0874. The first-order chi connectivity index (χ1) is 26.2. The Morgan fingerprint density at radius 3 is 2.30 bits per heavy atom. The highest BCUT2D eigenvalue weighted by molar-refractivity contribution is 7.89. The van der Waals surface area contributed by atoms with Gasteiger partial charge in [-0.3, -0.25) is 0 Å². The molecule has 0 bridgehead atoms. The van der Waals surface area contributed by atoms with Gasteiger partial charge in [0.2, 0.25) is 15.4 Å². The van der Waals surface area contributed by atoms with Gasteiger partial charge in [-0.05, 0) is 68.4 Å². The first-order valence-corrected chi connectivity index (χ1v) is 21.7. The molecular formula is C40H45N3O9S2. The van der Waals surface area contributed by atoms with Gasteiger partial charge < -0.3 is 28.4 Å². The molecule has 54 heavy (non-hydrogen) atoms. The molecule has 0 radical (unpaired) electrons. The maximum absolute atomic E-state index is 13.5. The van der Waals surface area contributed by atoms with E-state index < -0.39 is 25.0 Å². The van der Waals surface area contributed by atoms with Crippen molar-refractivity contribution in [2.75, 3.05) is 77.3 Å². The number of anilines is 1. The van der Waals surface area contributed by atoms with Crippen LogP contribution in [0.4, 0.5) is 5.69 Å². The van der Waals surface area contributed by atoms with Crippen molar-refractivity contribution >= 4 is 31.4 Å². The van der Waals surface area contributed by atoms with Crippen LogP contribution in [0.15, 0.2) is 40.1 Å². The third kappa shape index (κ3) is 7.07. The van der Waals surface area contributed by atoms with Gasteiger partial charge in [-0.25, -0.2) is 26.1 Å². The number of aryl methyl sites for hydroxylation is 2. The van der Waals surface area contributed by atoms with Gasteiger partial charge in [-0.2, -0.15) is 0 Å². The van der Waals surface area contributed by atoms with Crippen molar-refractivity contribution in [2.24, 2.45) is 0 Å². The fourth-order valence-electron chi connectivity index (χ4n) is 8.79. The Kier molecular flexibility index (Phi) is 10.6. The molecular weight excluding hydrogens is 731 g/mol. The summed E-state index contributed by atoms with van der Waals surface area (Å²) in [5.41, 5.74) is 7.33. The summed E-state index contributed by atoms with van der Waals surface area (Å²) in [5, 5.41) is 1.96. The number of rotatable bonds is 14. The van der Waals surface area contributed by atoms with E-state index in [1.54, 1.807) is 0 Å². The summed E-state index contributed by atoms with van der Waals surface area (Å²) in [7, 11) is -9.36. The van der Waals surface area contributed by atoms with Crippen LogP contribution in [0.25, 0.3) is 5.57 Å². The molecule has 0 atom stereocenters. The van der Waals surface area contributed by atoms with E-state index in [-0.39, 0.29) is 36.8 Å². The number of ether oxygens (including phenoxy) is 4. The van der Waals surface area contributed by atoms with Crippen molar-refractivity contribution in [3.05, 3.63) is 74.3 Å². The molecule has 5 aliphatic rings. The lowest BCUT2D eigenvalue weighted by Gasteiger charge is -2.39. The maximum Gasteiger partial charge on any atom is 0.240 e. The average Bonchev–Trinajstić information content (AvgIpc) is 3.16. The molecule has 3 aromatic rings. The number of terminal acetylenes is 1. The lowest BCUT2D eigenvalue weighted by molar-refractivity contribution is 0.0215. The monoisotopic (exact) mass is 775 g/mol. The maximum atomic E-state index is 13.5. The van der Waals surface area contributed by atoms with Crippen LogP contribution in [0.2, 0.25) is 0 Å². The molecule has 0 saturated carbocycles. The second kappa shape index (κ2) is 15.4. The summed E-state index contributed by atoms with van der Waals surface area (Å²) in [6.07, 6.45) is 12.5. The average molecular weight is 776 g/mol. The van der Waals surface area contributed by atoms with Gasteiger partial charge >= 0.3 is 0 Å². The number of nitrogens with one attached hydrogen (secondary N) is 1. The molecule has 0 aromatic heterocycles. The van der Waals surface area contributed by atoms with E-state index in [4.69, 9.17) is 25.4 Å². The number of hydrogen-bond donors (Lipinski definition) is 1. The topological polar surface area (TPSA) is 147 Å². The third-order valence-corrected chi connectivity index (χ3v) is 13.3. The molecule has 3 aromatic carbocycles. The Labute approximate surface area is 316 Å². The SMILES string of the molecule is C#CCOCCOCCOCCNS(=O)(=O)c1ccc(C2=c3cc4c5c(c3Oc3c2cc2c6c3CCCN6CCC2)CCC[N+]=5CCC4)c(S(=O)(=O)[O-])c1. The molecule has 0 unspecified atom stereocenters. The van der Waals surface area contributed by atoms with Gasteiger partial charge in [0.15, 0.2) is 0 Å². The highest BCUT2D eigenvalue weighted by atomic mass is 32.2.